The molecule has 0 aliphatic heterocycles. The molecule has 0 saturated heterocycles. The molecule has 2 rings (SSSR count). The second-order valence-electron chi connectivity index (χ2n) is 5.60. The molecule has 4 N–H and O–H groups in total. The molecule has 4 nitrogen and oxygen atoms in total. The minimum Gasteiger partial charge on any atom is -0.491 e. The van der Waals surface area contributed by atoms with Gasteiger partial charge in [-0.2, -0.15) is 0 Å². The van der Waals surface area contributed by atoms with E-state index in [4.69, 9.17) is 10.5 Å². The number of nitrogens with two attached hydrogens (primary N) is 1. The summed E-state index contributed by atoms with van der Waals surface area (Å²) in [7, 11) is 0. The number of nitrogens with one attached hydrogen (secondary N) is 1. The lowest BCUT2D eigenvalue weighted by Crippen LogP contribution is -2.22. The Bertz CT molecular complexity index is 421. The van der Waals surface area contributed by atoms with Crippen molar-refractivity contribution in [2.24, 2.45) is 5.92 Å². The topological polar surface area (TPSA) is 67.5 Å². The van der Waals surface area contributed by atoms with E-state index in [2.05, 4.69) is 5.32 Å². The second kappa shape index (κ2) is 6.15. The number of hydrogen-bond acceptors (Lipinski definition) is 4. The summed E-state index contributed by atoms with van der Waals surface area (Å²) < 4.78 is 5.66. The zero-order chi connectivity index (χ0) is 13.8. The van der Waals surface area contributed by atoms with Gasteiger partial charge in [0.25, 0.3) is 0 Å². The molecule has 0 aromatic heterocycles. The summed E-state index contributed by atoms with van der Waals surface area (Å²) in [5.74, 6) is 1.13. The van der Waals surface area contributed by atoms with Gasteiger partial charge in [-0.3, -0.25) is 0 Å². The van der Waals surface area contributed by atoms with E-state index in [9.17, 15) is 5.11 Å². The predicted molar refractivity (Wildman–Crippen MR) is 78.5 cm³/mol. The molecule has 1 aliphatic rings. The zero-order valence-electron chi connectivity index (χ0n) is 11.7. The highest BCUT2D eigenvalue weighted by molar-refractivity contribution is 5.59. The largest absolute Gasteiger partial charge is 0.491 e. The molecule has 1 aromatic carbocycles. The van der Waals surface area contributed by atoms with Crippen LogP contribution in [0.3, 0.4) is 0 Å². The smallest absolute Gasteiger partial charge is 0.123 e. The van der Waals surface area contributed by atoms with E-state index in [1.165, 1.54) is 0 Å². The van der Waals surface area contributed by atoms with Gasteiger partial charge in [0.15, 0.2) is 0 Å². The lowest BCUT2D eigenvalue weighted by Gasteiger charge is -2.17. The number of aliphatic hydroxyl groups is 1. The van der Waals surface area contributed by atoms with E-state index in [-0.39, 0.29) is 12.2 Å². The van der Waals surface area contributed by atoms with E-state index in [1.54, 1.807) is 0 Å². The monoisotopic (exact) mass is 264 g/mol. The summed E-state index contributed by atoms with van der Waals surface area (Å²) in [6.45, 7) is 4.77. The summed E-state index contributed by atoms with van der Waals surface area (Å²) in [4.78, 5) is 0. The molecule has 1 aliphatic carbocycles. The molecule has 1 aromatic rings. The molecule has 4 heteroatoms. The third-order valence-electron chi connectivity index (χ3n) is 3.49. The Balaban J connectivity index is 1.97. The van der Waals surface area contributed by atoms with Gasteiger partial charge < -0.3 is 20.9 Å². The minimum absolute atomic E-state index is 0.131. The molecule has 19 heavy (non-hydrogen) atoms. The van der Waals surface area contributed by atoms with Crippen molar-refractivity contribution in [3.8, 4) is 5.75 Å². The van der Waals surface area contributed by atoms with Crippen LogP contribution in [-0.4, -0.2) is 23.9 Å². The third kappa shape index (κ3) is 4.03. The first kappa shape index (κ1) is 14.0. The Morgan fingerprint density at radius 3 is 2.79 bits per heavy atom. The van der Waals surface area contributed by atoms with Crippen LogP contribution in [0.2, 0.25) is 0 Å². The Hall–Kier alpha value is -1.42. The highest BCUT2D eigenvalue weighted by Gasteiger charge is 2.24. The van der Waals surface area contributed by atoms with Gasteiger partial charge in [0.2, 0.25) is 0 Å². The molecule has 0 radical (unpaired) electrons. The normalized spacial score (nSPS) is 22.7. The van der Waals surface area contributed by atoms with Crippen LogP contribution in [0, 0.1) is 5.92 Å². The van der Waals surface area contributed by atoms with Crippen molar-refractivity contribution >= 4 is 11.4 Å². The van der Waals surface area contributed by atoms with Gasteiger partial charge in [0, 0.05) is 36.0 Å². The molecule has 1 fully saturated rings. The van der Waals surface area contributed by atoms with Gasteiger partial charge in [-0.05, 0) is 32.8 Å². The summed E-state index contributed by atoms with van der Waals surface area (Å²) in [6, 6.07) is 5.68. The number of anilines is 2. The summed E-state index contributed by atoms with van der Waals surface area (Å²) in [6.07, 6.45) is 3.09. The van der Waals surface area contributed by atoms with Crippen molar-refractivity contribution in [2.45, 2.75) is 45.3 Å². The summed E-state index contributed by atoms with van der Waals surface area (Å²) in [5.41, 5.74) is 7.52. The highest BCUT2D eigenvalue weighted by atomic mass is 16.5. The quantitative estimate of drug-likeness (QED) is 0.715. The maximum absolute atomic E-state index is 9.81. The molecule has 0 bridgehead atoms. The van der Waals surface area contributed by atoms with E-state index >= 15 is 0 Å². The molecule has 106 valence electrons. The van der Waals surface area contributed by atoms with Crippen molar-refractivity contribution in [3.63, 3.8) is 0 Å². The van der Waals surface area contributed by atoms with Gasteiger partial charge >= 0.3 is 0 Å². The van der Waals surface area contributed by atoms with Crippen LogP contribution < -0.4 is 15.8 Å². The maximum Gasteiger partial charge on any atom is 0.123 e. The minimum atomic E-state index is -0.167. The van der Waals surface area contributed by atoms with E-state index < -0.39 is 0 Å². The van der Waals surface area contributed by atoms with Gasteiger partial charge in [0.05, 0.1) is 12.2 Å². The van der Waals surface area contributed by atoms with Crippen LogP contribution in [0.1, 0.15) is 33.1 Å². The molecule has 0 spiro atoms. The lowest BCUT2D eigenvalue weighted by atomic mass is 10.1. The van der Waals surface area contributed by atoms with Crippen LogP contribution in [-0.2, 0) is 0 Å². The second-order valence-corrected chi connectivity index (χ2v) is 5.60. The fourth-order valence-corrected chi connectivity index (χ4v) is 2.57. The van der Waals surface area contributed by atoms with Crippen LogP contribution in [0.5, 0.6) is 5.75 Å². The summed E-state index contributed by atoms with van der Waals surface area (Å²) >= 11 is 0. The van der Waals surface area contributed by atoms with Crippen molar-refractivity contribution < 1.29 is 9.84 Å². The molecule has 2 atom stereocenters. The fraction of sp³-hybridized carbons (Fsp3) is 0.600. The molecule has 1 saturated carbocycles. The van der Waals surface area contributed by atoms with Crippen molar-refractivity contribution in [2.75, 3.05) is 17.6 Å². The molecule has 2 unspecified atom stereocenters. The van der Waals surface area contributed by atoms with E-state index in [0.29, 0.717) is 11.6 Å². The standard InChI is InChI=1S/C15H24N2O2/c1-10(2)19-14-7-12(16)6-13(8-14)17-9-11-4-3-5-15(11)18/h6-8,10-11,15,17-18H,3-5,9,16H2,1-2H3. The predicted octanol–water partition coefficient (Wildman–Crippen LogP) is 2.63. The number of benzene rings is 1. The van der Waals surface area contributed by atoms with E-state index in [1.807, 2.05) is 32.0 Å². The SMILES string of the molecule is CC(C)Oc1cc(N)cc(NCC2CCCC2O)c1. The average Bonchev–Trinajstić information content (AvgIpc) is 2.70. The first-order chi connectivity index (χ1) is 9.04. The fourth-order valence-electron chi connectivity index (χ4n) is 2.57. The first-order valence-corrected chi connectivity index (χ1v) is 7.04. The van der Waals surface area contributed by atoms with Crippen LogP contribution in [0.4, 0.5) is 11.4 Å². The van der Waals surface area contributed by atoms with Gasteiger partial charge in [-0.25, -0.2) is 0 Å². The van der Waals surface area contributed by atoms with Crippen LogP contribution in [0.15, 0.2) is 18.2 Å². The Kier molecular flexibility index (Phi) is 4.53. The number of nitrogen functional groups attached to an aromatic ring is 1. The lowest BCUT2D eigenvalue weighted by molar-refractivity contribution is 0.138. The number of ether oxygens (including phenoxy) is 1. The Morgan fingerprint density at radius 1 is 1.37 bits per heavy atom. The van der Waals surface area contributed by atoms with E-state index in [0.717, 1.165) is 37.2 Å². The van der Waals surface area contributed by atoms with Gasteiger partial charge in [-0.1, -0.05) is 6.42 Å². The Labute approximate surface area is 115 Å². The van der Waals surface area contributed by atoms with Crippen LogP contribution in [0.25, 0.3) is 0 Å². The highest BCUT2D eigenvalue weighted by Crippen LogP contribution is 2.27. The first-order valence-electron chi connectivity index (χ1n) is 7.04. The molecule has 0 amide bonds. The average molecular weight is 264 g/mol. The van der Waals surface area contributed by atoms with Gasteiger partial charge in [0.1, 0.15) is 5.75 Å². The molecular formula is C15H24N2O2. The Morgan fingerprint density at radius 2 is 2.16 bits per heavy atom. The van der Waals surface area contributed by atoms with Crippen LogP contribution >= 0.6 is 0 Å². The number of hydrogen-bond donors (Lipinski definition) is 3. The van der Waals surface area contributed by atoms with Crippen molar-refractivity contribution in [1.29, 1.82) is 0 Å². The van der Waals surface area contributed by atoms with Crippen molar-refractivity contribution in [1.82, 2.24) is 0 Å². The third-order valence-corrected chi connectivity index (χ3v) is 3.49. The number of rotatable bonds is 5. The van der Waals surface area contributed by atoms with Crippen molar-refractivity contribution in [3.05, 3.63) is 18.2 Å². The zero-order valence-corrected chi connectivity index (χ0v) is 11.7. The number of aliphatic hydroxyl groups excluding tert-OH is 1. The summed E-state index contributed by atoms with van der Waals surface area (Å²) in [5, 5.41) is 13.2. The maximum atomic E-state index is 9.81. The molecule has 0 heterocycles. The van der Waals surface area contributed by atoms with Gasteiger partial charge in [-0.15, -0.1) is 0 Å². The molecular weight excluding hydrogens is 240 g/mol.